The normalized spacial score (nSPS) is 31.2. The molecule has 76 valence electrons. The topological polar surface area (TPSA) is 6.48 Å². The lowest BCUT2D eigenvalue weighted by atomic mass is 10.1. The molecule has 0 bridgehead atoms. The first-order chi connectivity index (χ1) is 6.25. The van der Waals surface area contributed by atoms with Crippen molar-refractivity contribution in [1.29, 1.82) is 0 Å². The van der Waals surface area contributed by atoms with Gasteiger partial charge in [-0.15, -0.1) is 0 Å². The van der Waals surface area contributed by atoms with Crippen molar-refractivity contribution < 1.29 is 0 Å². The fraction of sp³-hybridized carbons (Fsp3) is 1.00. The standard InChI is InChI=1S/C11H22N2/c1-10(2)8-12-6-7-13-5-3-4-11(13)9-12/h10-11H,3-9H2,1-2H3. The van der Waals surface area contributed by atoms with Crippen molar-refractivity contribution in [2.75, 3.05) is 32.7 Å². The van der Waals surface area contributed by atoms with Crippen LogP contribution in [0, 0.1) is 5.92 Å². The summed E-state index contributed by atoms with van der Waals surface area (Å²) >= 11 is 0. The summed E-state index contributed by atoms with van der Waals surface area (Å²) in [7, 11) is 0. The lowest BCUT2D eigenvalue weighted by Crippen LogP contribution is -2.50. The molecule has 0 radical (unpaired) electrons. The fourth-order valence-electron chi connectivity index (χ4n) is 2.74. The highest BCUT2D eigenvalue weighted by Gasteiger charge is 2.30. The van der Waals surface area contributed by atoms with Crippen LogP contribution in [0.25, 0.3) is 0 Å². The van der Waals surface area contributed by atoms with Gasteiger partial charge >= 0.3 is 0 Å². The Kier molecular flexibility index (Phi) is 2.89. The van der Waals surface area contributed by atoms with Gasteiger partial charge in [0.25, 0.3) is 0 Å². The second-order valence-corrected chi connectivity index (χ2v) is 4.99. The molecule has 0 spiro atoms. The minimum atomic E-state index is 0.827. The summed E-state index contributed by atoms with van der Waals surface area (Å²) in [6.45, 7) is 11.2. The molecule has 2 heteroatoms. The molecule has 1 unspecified atom stereocenters. The maximum absolute atomic E-state index is 2.68. The van der Waals surface area contributed by atoms with E-state index in [9.17, 15) is 0 Å². The van der Waals surface area contributed by atoms with E-state index in [4.69, 9.17) is 0 Å². The quantitative estimate of drug-likeness (QED) is 0.637. The van der Waals surface area contributed by atoms with Crippen molar-refractivity contribution in [2.45, 2.75) is 32.7 Å². The van der Waals surface area contributed by atoms with Gasteiger partial charge in [0.2, 0.25) is 0 Å². The minimum Gasteiger partial charge on any atom is -0.300 e. The molecule has 2 nitrogen and oxygen atoms in total. The Morgan fingerprint density at radius 1 is 1.23 bits per heavy atom. The molecule has 2 heterocycles. The van der Waals surface area contributed by atoms with Gasteiger partial charge < -0.3 is 4.90 Å². The first kappa shape index (κ1) is 9.47. The van der Waals surface area contributed by atoms with Gasteiger partial charge in [0.15, 0.2) is 0 Å². The van der Waals surface area contributed by atoms with Crippen LogP contribution in [-0.4, -0.2) is 48.6 Å². The smallest absolute Gasteiger partial charge is 0.0224 e. The van der Waals surface area contributed by atoms with Crippen LogP contribution in [0.4, 0.5) is 0 Å². The van der Waals surface area contributed by atoms with E-state index in [1.54, 1.807) is 0 Å². The summed E-state index contributed by atoms with van der Waals surface area (Å²) in [4.78, 5) is 5.33. The zero-order valence-corrected chi connectivity index (χ0v) is 9.00. The van der Waals surface area contributed by atoms with Crippen LogP contribution in [0.2, 0.25) is 0 Å². The van der Waals surface area contributed by atoms with Gasteiger partial charge in [-0.3, -0.25) is 4.90 Å². The number of hydrogen-bond donors (Lipinski definition) is 0. The summed E-state index contributed by atoms with van der Waals surface area (Å²) in [5, 5.41) is 0. The van der Waals surface area contributed by atoms with Crippen LogP contribution in [0.5, 0.6) is 0 Å². The third-order valence-corrected chi connectivity index (χ3v) is 3.29. The Hall–Kier alpha value is -0.0800. The zero-order chi connectivity index (χ0) is 9.26. The summed E-state index contributed by atoms with van der Waals surface area (Å²) in [5.41, 5.74) is 0. The van der Waals surface area contributed by atoms with Crippen molar-refractivity contribution in [3.63, 3.8) is 0 Å². The van der Waals surface area contributed by atoms with E-state index in [0.29, 0.717) is 0 Å². The lowest BCUT2D eigenvalue weighted by Gasteiger charge is -2.38. The van der Waals surface area contributed by atoms with Crippen LogP contribution in [0.1, 0.15) is 26.7 Å². The molecule has 2 aliphatic heterocycles. The van der Waals surface area contributed by atoms with E-state index in [1.165, 1.54) is 45.6 Å². The van der Waals surface area contributed by atoms with Crippen LogP contribution in [0.3, 0.4) is 0 Å². The highest BCUT2D eigenvalue weighted by Crippen LogP contribution is 2.21. The lowest BCUT2D eigenvalue weighted by molar-refractivity contribution is 0.0957. The summed E-state index contributed by atoms with van der Waals surface area (Å²) in [5.74, 6) is 0.827. The van der Waals surface area contributed by atoms with Gasteiger partial charge in [0.05, 0.1) is 0 Å². The van der Waals surface area contributed by atoms with Gasteiger partial charge in [-0.2, -0.15) is 0 Å². The number of piperazine rings is 1. The van der Waals surface area contributed by atoms with E-state index >= 15 is 0 Å². The highest BCUT2D eigenvalue weighted by molar-refractivity contribution is 4.86. The molecule has 13 heavy (non-hydrogen) atoms. The van der Waals surface area contributed by atoms with E-state index < -0.39 is 0 Å². The van der Waals surface area contributed by atoms with Crippen molar-refractivity contribution in [1.82, 2.24) is 9.80 Å². The SMILES string of the molecule is CC(C)CN1CCN2CCCC2C1. The van der Waals surface area contributed by atoms with Gasteiger partial charge in [-0.05, 0) is 25.3 Å². The molecule has 2 fully saturated rings. The van der Waals surface area contributed by atoms with E-state index in [1.807, 2.05) is 0 Å². The first-order valence-electron chi connectivity index (χ1n) is 5.72. The molecule has 0 aliphatic carbocycles. The molecule has 0 aromatic carbocycles. The highest BCUT2D eigenvalue weighted by atomic mass is 15.3. The Morgan fingerprint density at radius 2 is 2.08 bits per heavy atom. The van der Waals surface area contributed by atoms with E-state index in [-0.39, 0.29) is 0 Å². The van der Waals surface area contributed by atoms with Gasteiger partial charge in [0.1, 0.15) is 0 Å². The van der Waals surface area contributed by atoms with Crippen LogP contribution < -0.4 is 0 Å². The van der Waals surface area contributed by atoms with Crippen molar-refractivity contribution in [3.05, 3.63) is 0 Å². The predicted octanol–water partition coefficient (Wildman–Crippen LogP) is 1.42. The zero-order valence-electron chi connectivity index (χ0n) is 9.00. The van der Waals surface area contributed by atoms with Gasteiger partial charge in [-0.1, -0.05) is 13.8 Å². The predicted molar refractivity (Wildman–Crippen MR) is 55.9 cm³/mol. The van der Waals surface area contributed by atoms with E-state index in [2.05, 4.69) is 23.6 Å². The third-order valence-electron chi connectivity index (χ3n) is 3.29. The maximum Gasteiger partial charge on any atom is 0.0224 e. The monoisotopic (exact) mass is 182 g/mol. The summed E-state index contributed by atoms with van der Waals surface area (Å²) in [6, 6.07) is 0.896. The van der Waals surface area contributed by atoms with Gasteiger partial charge in [-0.25, -0.2) is 0 Å². The molecule has 2 rings (SSSR count). The molecule has 0 aromatic rings. The average molecular weight is 182 g/mol. The molecule has 2 saturated heterocycles. The summed E-state index contributed by atoms with van der Waals surface area (Å²) < 4.78 is 0. The molecular weight excluding hydrogens is 160 g/mol. The molecular formula is C11H22N2. The average Bonchev–Trinajstić information content (AvgIpc) is 2.49. The van der Waals surface area contributed by atoms with Crippen molar-refractivity contribution in [2.24, 2.45) is 5.92 Å². The third kappa shape index (κ3) is 2.23. The molecule has 0 aromatic heterocycles. The summed E-state index contributed by atoms with van der Waals surface area (Å²) in [6.07, 6.45) is 2.87. The number of rotatable bonds is 2. The molecule has 0 amide bonds. The maximum atomic E-state index is 2.68. The van der Waals surface area contributed by atoms with Crippen LogP contribution >= 0.6 is 0 Å². The number of fused-ring (bicyclic) bond motifs is 1. The van der Waals surface area contributed by atoms with Gasteiger partial charge in [0, 0.05) is 32.2 Å². The second kappa shape index (κ2) is 3.97. The number of nitrogens with zero attached hydrogens (tertiary/aromatic N) is 2. The van der Waals surface area contributed by atoms with Crippen LogP contribution in [-0.2, 0) is 0 Å². The molecule has 0 N–H and O–H groups in total. The fourth-order valence-corrected chi connectivity index (χ4v) is 2.74. The Morgan fingerprint density at radius 3 is 2.85 bits per heavy atom. The van der Waals surface area contributed by atoms with E-state index in [0.717, 1.165) is 12.0 Å². The molecule has 0 saturated carbocycles. The molecule has 2 aliphatic rings. The van der Waals surface area contributed by atoms with Crippen molar-refractivity contribution >= 4 is 0 Å². The van der Waals surface area contributed by atoms with Crippen molar-refractivity contribution in [3.8, 4) is 0 Å². The molecule has 1 atom stereocenters. The first-order valence-corrected chi connectivity index (χ1v) is 5.72. The Bertz CT molecular complexity index is 167. The Balaban J connectivity index is 1.83. The van der Waals surface area contributed by atoms with Crippen LogP contribution in [0.15, 0.2) is 0 Å². The Labute approximate surface area is 81.9 Å². The minimum absolute atomic E-state index is 0.827. The second-order valence-electron chi connectivity index (χ2n) is 4.99. The number of hydrogen-bond acceptors (Lipinski definition) is 2. The largest absolute Gasteiger partial charge is 0.300 e.